The van der Waals surface area contributed by atoms with Crippen molar-refractivity contribution in [3.63, 3.8) is 0 Å². The van der Waals surface area contributed by atoms with E-state index in [9.17, 15) is 8.42 Å². The summed E-state index contributed by atoms with van der Waals surface area (Å²) in [6.45, 7) is 3.58. The van der Waals surface area contributed by atoms with Crippen LogP contribution in [0.15, 0.2) is 42.7 Å². The minimum atomic E-state index is -3.26. The molecule has 0 bridgehead atoms. The Morgan fingerprint density at radius 1 is 1.18 bits per heavy atom. The van der Waals surface area contributed by atoms with Gasteiger partial charge in [0.2, 0.25) is 10.0 Å². The minimum absolute atomic E-state index is 0.0577. The van der Waals surface area contributed by atoms with Crippen molar-refractivity contribution in [2.75, 3.05) is 10.5 Å². The molecule has 2 heterocycles. The quantitative estimate of drug-likeness (QED) is 0.775. The van der Waals surface area contributed by atoms with Gasteiger partial charge in [-0.3, -0.25) is 4.72 Å². The lowest BCUT2D eigenvalue weighted by Crippen LogP contribution is -2.14. The van der Waals surface area contributed by atoms with Gasteiger partial charge >= 0.3 is 0 Å². The van der Waals surface area contributed by atoms with E-state index in [0.717, 1.165) is 27.7 Å². The number of pyridine rings is 1. The lowest BCUT2D eigenvalue weighted by molar-refractivity contribution is 0.602. The van der Waals surface area contributed by atoms with E-state index < -0.39 is 10.0 Å². The Hall–Kier alpha value is -2.34. The number of fused-ring (bicyclic) bond motifs is 1. The van der Waals surface area contributed by atoms with Gasteiger partial charge in [0.05, 0.1) is 5.75 Å². The Morgan fingerprint density at radius 2 is 2.00 bits per heavy atom. The normalized spacial score (nSPS) is 11.7. The zero-order valence-corrected chi connectivity index (χ0v) is 13.2. The van der Waals surface area contributed by atoms with Gasteiger partial charge in [-0.2, -0.15) is 0 Å². The van der Waals surface area contributed by atoms with Gasteiger partial charge in [0.15, 0.2) is 0 Å². The molecule has 0 amide bonds. The van der Waals surface area contributed by atoms with Crippen LogP contribution in [0.5, 0.6) is 0 Å². The second-order valence-corrected chi connectivity index (χ2v) is 7.14. The largest absolute Gasteiger partial charge is 0.346 e. The molecule has 1 aromatic carbocycles. The van der Waals surface area contributed by atoms with Crippen molar-refractivity contribution < 1.29 is 8.42 Å². The minimum Gasteiger partial charge on any atom is -0.346 e. The number of aryl methyl sites for hydroxylation is 1. The van der Waals surface area contributed by atoms with Gasteiger partial charge in [0, 0.05) is 23.5 Å². The molecule has 0 aliphatic heterocycles. The third-order valence-corrected chi connectivity index (χ3v) is 4.94. The van der Waals surface area contributed by atoms with E-state index in [2.05, 4.69) is 14.7 Å². The number of aromatic amines is 1. The van der Waals surface area contributed by atoms with Gasteiger partial charge in [-0.25, -0.2) is 13.4 Å². The van der Waals surface area contributed by atoms with Crippen molar-refractivity contribution in [3.05, 3.63) is 48.3 Å². The molecule has 5 nitrogen and oxygen atoms in total. The SMILES string of the molecule is CCS(=O)(=O)Nc1ccc(-c2ccnc3[nH]ccc23)c(C)c1. The molecule has 6 heteroatoms. The van der Waals surface area contributed by atoms with Crippen LogP contribution in [0.2, 0.25) is 0 Å². The summed E-state index contributed by atoms with van der Waals surface area (Å²) < 4.78 is 25.9. The maximum absolute atomic E-state index is 11.7. The number of sulfonamides is 1. The standard InChI is InChI=1S/C16H17N3O2S/c1-3-22(20,21)19-12-4-5-13(11(2)10-12)14-6-8-17-16-15(14)7-9-18-16/h4-10,19H,3H2,1-2H3,(H,17,18). The number of nitrogens with one attached hydrogen (secondary N) is 2. The summed E-state index contributed by atoms with van der Waals surface area (Å²) in [6, 6.07) is 9.53. The fourth-order valence-electron chi connectivity index (χ4n) is 2.48. The molecule has 2 aromatic heterocycles. The van der Waals surface area contributed by atoms with Crippen LogP contribution in [0.3, 0.4) is 0 Å². The second kappa shape index (κ2) is 5.46. The lowest BCUT2D eigenvalue weighted by atomic mass is 9.99. The zero-order valence-electron chi connectivity index (χ0n) is 12.4. The molecule has 0 aliphatic carbocycles. The summed E-state index contributed by atoms with van der Waals surface area (Å²) in [7, 11) is -3.26. The van der Waals surface area contributed by atoms with Crippen molar-refractivity contribution in [3.8, 4) is 11.1 Å². The number of hydrogen-bond donors (Lipinski definition) is 2. The molecular weight excluding hydrogens is 298 g/mol. The van der Waals surface area contributed by atoms with Crippen molar-refractivity contribution in [2.24, 2.45) is 0 Å². The Bertz CT molecular complexity index is 929. The van der Waals surface area contributed by atoms with Gasteiger partial charge in [-0.1, -0.05) is 6.07 Å². The average Bonchev–Trinajstić information content (AvgIpc) is 2.96. The van der Waals surface area contributed by atoms with Gasteiger partial charge in [-0.05, 0) is 54.8 Å². The fourth-order valence-corrected chi connectivity index (χ4v) is 3.11. The number of benzene rings is 1. The molecule has 114 valence electrons. The molecule has 0 unspecified atom stereocenters. The topological polar surface area (TPSA) is 74.8 Å². The van der Waals surface area contributed by atoms with Crippen LogP contribution >= 0.6 is 0 Å². The molecule has 3 rings (SSSR count). The highest BCUT2D eigenvalue weighted by atomic mass is 32.2. The molecule has 0 spiro atoms. The Morgan fingerprint density at radius 3 is 2.73 bits per heavy atom. The summed E-state index contributed by atoms with van der Waals surface area (Å²) in [4.78, 5) is 7.38. The monoisotopic (exact) mass is 315 g/mol. The van der Waals surface area contributed by atoms with E-state index in [0.29, 0.717) is 5.69 Å². The van der Waals surface area contributed by atoms with Crippen LogP contribution in [-0.4, -0.2) is 24.1 Å². The molecule has 2 N–H and O–H groups in total. The van der Waals surface area contributed by atoms with Gasteiger partial charge in [-0.15, -0.1) is 0 Å². The predicted molar refractivity (Wildman–Crippen MR) is 89.4 cm³/mol. The summed E-state index contributed by atoms with van der Waals surface area (Å²) >= 11 is 0. The Kier molecular flexibility index (Phi) is 3.62. The van der Waals surface area contributed by atoms with E-state index in [-0.39, 0.29) is 5.75 Å². The summed E-state index contributed by atoms with van der Waals surface area (Å²) in [5, 5.41) is 1.05. The number of H-pyrrole nitrogens is 1. The highest BCUT2D eigenvalue weighted by Gasteiger charge is 2.11. The molecule has 0 radical (unpaired) electrons. The number of rotatable bonds is 4. The third-order valence-electron chi connectivity index (χ3n) is 3.63. The van der Waals surface area contributed by atoms with E-state index in [1.54, 1.807) is 19.2 Å². The predicted octanol–water partition coefficient (Wildman–Crippen LogP) is 3.30. The molecule has 0 fully saturated rings. The van der Waals surface area contributed by atoms with E-state index in [1.807, 2.05) is 37.4 Å². The highest BCUT2D eigenvalue weighted by molar-refractivity contribution is 7.92. The first-order valence-electron chi connectivity index (χ1n) is 7.04. The number of hydrogen-bond acceptors (Lipinski definition) is 3. The zero-order chi connectivity index (χ0) is 15.7. The van der Waals surface area contributed by atoms with Crippen LogP contribution in [0.4, 0.5) is 5.69 Å². The van der Waals surface area contributed by atoms with Gasteiger partial charge < -0.3 is 4.98 Å². The molecule has 0 aliphatic rings. The van der Waals surface area contributed by atoms with Crippen molar-refractivity contribution in [1.29, 1.82) is 0 Å². The summed E-state index contributed by atoms with van der Waals surface area (Å²) in [5.41, 5.74) is 4.57. The number of nitrogens with zero attached hydrogens (tertiary/aromatic N) is 1. The molecule has 22 heavy (non-hydrogen) atoms. The fraction of sp³-hybridized carbons (Fsp3) is 0.188. The van der Waals surface area contributed by atoms with Crippen LogP contribution in [0.25, 0.3) is 22.2 Å². The van der Waals surface area contributed by atoms with E-state index in [1.165, 1.54) is 0 Å². The van der Waals surface area contributed by atoms with E-state index in [4.69, 9.17) is 0 Å². The van der Waals surface area contributed by atoms with Gasteiger partial charge in [0.1, 0.15) is 5.65 Å². The van der Waals surface area contributed by atoms with Crippen molar-refractivity contribution >= 4 is 26.7 Å². The molecule has 0 saturated carbocycles. The Balaban J connectivity index is 2.05. The first-order chi connectivity index (χ1) is 10.5. The van der Waals surface area contributed by atoms with Crippen LogP contribution in [0, 0.1) is 6.92 Å². The van der Waals surface area contributed by atoms with Crippen molar-refractivity contribution in [1.82, 2.24) is 9.97 Å². The van der Waals surface area contributed by atoms with Crippen LogP contribution in [-0.2, 0) is 10.0 Å². The van der Waals surface area contributed by atoms with Crippen LogP contribution < -0.4 is 4.72 Å². The van der Waals surface area contributed by atoms with Gasteiger partial charge in [0.25, 0.3) is 0 Å². The highest BCUT2D eigenvalue weighted by Crippen LogP contribution is 2.31. The van der Waals surface area contributed by atoms with Crippen LogP contribution in [0.1, 0.15) is 12.5 Å². The number of aromatic nitrogens is 2. The van der Waals surface area contributed by atoms with E-state index >= 15 is 0 Å². The number of anilines is 1. The lowest BCUT2D eigenvalue weighted by Gasteiger charge is -2.11. The second-order valence-electron chi connectivity index (χ2n) is 5.13. The molecule has 0 atom stereocenters. The Labute approximate surface area is 129 Å². The summed E-state index contributed by atoms with van der Waals surface area (Å²) in [6.07, 6.45) is 3.63. The molecular formula is C16H17N3O2S. The maximum Gasteiger partial charge on any atom is 0.232 e. The maximum atomic E-state index is 11.7. The average molecular weight is 315 g/mol. The smallest absolute Gasteiger partial charge is 0.232 e. The molecule has 0 saturated heterocycles. The molecule has 3 aromatic rings. The summed E-state index contributed by atoms with van der Waals surface area (Å²) in [5.74, 6) is 0.0577. The van der Waals surface area contributed by atoms with Crippen molar-refractivity contribution in [2.45, 2.75) is 13.8 Å². The first kappa shape index (κ1) is 14.6. The first-order valence-corrected chi connectivity index (χ1v) is 8.69. The third kappa shape index (κ3) is 2.69.